The molecule has 5 heteroatoms. The minimum Gasteiger partial charge on any atom is -0.478 e. The van der Waals surface area contributed by atoms with Crippen LogP contribution in [-0.2, 0) is 4.79 Å². The van der Waals surface area contributed by atoms with Crippen LogP contribution >= 0.6 is 15.9 Å². The zero-order valence-corrected chi connectivity index (χ0v) is 12.7. The third-order valence-electron chi connectivity index (χ3n) is 2.73. The molecule has 0 aliphatic carbocycles. The van der Waals surface area contributed by atoms with Gasteiger partial charge in [0.25, 0.3) is 0 Å². The van der Waals surface area contributed by atoms with Crippen LogP contribution in [-0.4, -0.2) is 11.1 Å². The summed E-state index contributed by atoms with van der Waals surface area (Å²) in [6.07, 6.45) is 2.27. The van der Waals surface area contributed by atoms with E-state index in [1.54, 1.807) is 12.1 Å². The molecule has 0 aromatic heterocycles. The number of benzene rings is 2. The Kier molecular flexibility index (Phi) is 4.75. The van der Waals surface area contributed by atoms with Gasteiger partial charge in [-0.25, -0.2) is 9.18 Å². The average molecular weight is 351 g/mol. The van der Waals surface area contributed by atoms with E-state index >= 15 is 0 Å². The summed E-state index contributed by atoms with van der Waals surface area (Å²) in [5, 5.41) is 8.54. The van der Waals surface area contributed by atoms with E-state index in [0.717, 1.165) is 16.1 Å². The van der Waals surface area contributed by atoms with Crippen LogP contribution in [0.1, 0.15) is 11.1 Å². The number of carboxylic acid groups (broad SMARTS) is 1. The van der Waals surface area contributed by atoms with Crippen molar-refractivity contribution in [1.82, 2.24) is 0 Å². The fourth-order valence-corrected chi connectivity index (χ4v) is 2.19. The van der Waals surface area contributed by atoms with E-state index in [0.29, 0.717) is 11.3 Å². The fourth-order valence-electron chi connectivity index (χ4n) is 1.72. The van der Waals surface area contributed by atoms with Gasteiger partial charge in [0.05, 0.1) is 0 Å². The third kappa shape index (κ3) is 4.16. The van der Waals surface area contributed by atoms with Crippen molar-refractivity contribution in [2.45, 2.75) is 6.92 Å². The molecular weight excluding hydrogens is 339 g/mol. The molecule has 0 aliphatic rings. The number of carbonyl (C=O) groups is 1. The predicted octanol–water partition coefficient (Wildman–Crippen LogP) is 4.79. The van der Waals surface area contributed by atoms with Gasteiger partial charge in [-0.2, -0.15) is 0 Å². The van der Waals surface area contributed by atoms with Gasteiger partial charge in [-0.15, -0.1) is 0 Å². The van der Waals surface area contributed by atoms with Crippen molar-refractivity contribution in [2.24, 2.45) is 0 Å². The summed E-state index contributed by atoms with van der Waals surface area (Å²) in [5.41, 5.74) is 1.33. The predicted molar refractivity (Wildman–Crippen MR) is 82.0 cm³/mol. The first-order chi connectivity index (χ1) is 9.95. The van der Waals surface area contributed by atoms with Gasteiger partial charge in [-0.3, -0.25) is 0 Å². The van der Waals surface area contributed by atoms with Crippen LogP contribution in [0.5, 0.6) is 11.5 Å². The summed E-state index contributed by atoms with van der Waals surface area (Å²) in [4.78, 5) is 10.4. The molecule has 0 heterocycles. The van der Waals surface area contributed by atoms with Crippen molar-refractivity contribution in [3.05, 3.63) is 63.9 Å². The minimum absolute atomic E-state index is 0.0906. The maximum atomic E-state index is 14.0. The summed E-state index contributed by atoms with van der Waals surface area (Å²) in [5.74, 6) is -0.982. The lowest BCUT2D eigenvalue weighted by atomic mass is 10.2. The second-order valence-corrected chi connectivity index (χ2v) is 5.29. The number of aliphatic carboxylic acids is 1. The summed E-state index contributed by atoms with van der Waals surface area (Å²) in [6.45, 7) is 1.86. The molecule has 0 saturated carbocycles. The molecule has 0 fully saturated rings. The Morgan fingerprint density at radius 1 is 1.24 bits per heavy atom. The summed E-state index contributed by atoms with van der Waals surface area (Å²) in [6, 6.07) is 9.71. The van der Waals surface area contributed by atoms with Crippen LogP contribution in [0.3, 0.4) is 0 Å². The standard InChI is InChI=1S/C16H12BrFO3/c1-10-8-12(17)4-6-14(10)21-15-5-2-11(9-13(15)18)3-7-16(19)20/h2-9H,1H3,(H,19,20). The van der Waals surface area contributed by atoms with Gasteiger partial charge < -0.3 is 9.84 Å². The van der Waals surface area contributed by atoms with Crippen LogP contribution in [0.2, 0.25) is 0 Å². The lowest BCUT2D eigenvalue weighted by molar-refractivity contribution is -0.131. The number of hydrogen-bond donors (Lipinski definition) is 1. The molecule has 21 heavy (non-hydrogen) atoms. The average Bonchev–Trinajstić information content (AvgIpc) is 2.42. The van der Waals surface area contributed by atoms with Gasteiger partial charge in [0, 0.05) is 10.5 Å². The number of ether oxygens (including phenoxy) is 1. The van der Waals surface area contributed by atoms with Gasteiger partial charge in [-0.05, 0) is 54.5 Å². The van der Waals surface area contributed by atoms with Crippen molar-refractivity contribution in [1.29, 1.82) is 0 Å². The molecule has 0 amide bonds. The van der Waals surface area contributed by atoms with E-state index in [4.69, 9.17) is 9.84 Å². The molecule has 108 valence electrons. The zero-order valence-electron chi connectivity index (χ0n) is 11.1. The van der Waals surface area contributed by atoms with Crippen LogP contribution in [0.25, 0.3) is 6.08 Å². The number of rotatable bonds is 4. The highest BCUT2D eigenvalue weighted by Crippen LogP contribution is 2.29. The maximum Gasteiger partial charge on any atom is 0.328 e. The smallest absolute Gasteiger partial charge is 0.328 e. The molecule has 2 aromatic rings. The van der Waals surface area contributed by atoms with Crippen LogP contribution in [0.15, 0.2) is 46.9 Å². The first kappa shape index (κ1) is 15.3. The topological polar surface area (TPSA) is 46.5 Å². The molecular formula is C16H12BrFO3. The van der Waals surface area contributed by atoms with Gasteiger partial charge in [-0.1, -0.05) is 22.0 Å². The molecule has 0 atom stereocenters. The maximum absolute atomic E-state index is 14.0. The van der Waals surface area contributed by atoms with Crippen LogP contribution < -0.4 is 4.74 Å². The van der Waals surface area contributed by atoms with Gasteiger partial charge in [0.15, 0.2) is 11.6 Å². The Bertz CT molecular complexity index is 711. The Balaban J connectivity index is 2.23. The lowest BCUT2D eigenvalue weighted by Gasteiger charge is -2.10. The second-order valence-electron chi connectivity index (χ2n) is 4.37. The van der Waals surface area contributed by atoms with Gasteiger partial charge in [0.2, 0.25) is 0 Å². The SMILES string of the molecule is Cc1cc(Br)ccc1Oc1ccc(C=CC(=O)O)cc1F. The largest absolute Gasteiger partial charge is 0.478 e. The fraction of sp³-hybridized carbons (Fsp3) is 0.0625. The number of halogens is 2. The monoisotopic (exact) mass is 350 g/mol. The molecule has 3 nitrogen and oxygen atoms in total. The van der Waals surface area contributed by atoms with E-state index in [1.807, 2.05) is 19.1 Å². The first-order valence-electron chi connectivity index (χ1n) is 6.10. The second kappa shape index (κ2) is 6.54. The number of hydrogen-bond acceptors (Lipinski definition) is 2. The molecule has 0 radical (unpaired) electrons. The molecule has 2 rings (SSSR count). The molecule has 0 bridgehead atoms. The van der Waals surface area contributed by atoms with Crippen molar-refractivity contribution >= 4 is 28.0 Å². The molecule has 0 spiro atoms. The Morgan fingerprint density at radius 3 is 2.57 bits per heavy atom. The highest BCUT2D eigenvalue weighted by molar-refractivity contribution is 9.10. The van der Waals surface area contributed by atoms with E-state index in [1.165, 1.54) is 18.2 Å². The molecule has 1 N–H and O–H groups in total. The molecule has 2 aromatic carbocycles. The minimum atomic E-state index is -1.08. The van der Waals surface area contributed by atoms with Crippen LogP contribution in [0.4, 0.5) is 4.39 Å². The number of aryl methyl sites for hydroxylation is 1. The highest BCUT2D eigenvalue weighted by Gasteiger charge is 2.07. The van der Waals surface area contributed by atoms with Crippen molar-refractivity contribution < 1.29 is 19.0 Å². The summed E-state index contributed by atoms with van der Waals surface area (Å²) < 4.78 is 20.4. The van der Waals surface area contributed by atoms with E-state index in [-0.39, 0.29) is 5.75 Å². The molecule has 0 saturated heterocycles. The lowest BCUT2D eigenvalue weighted by Crippen LogP contribution is -1.92. The highest BCUT2D eigenvalue weighted by atomic mass is 79.9. The summed E-state index contributed by atoms with van der Waals surface area (Å²) in [7, 11) is 0. The van der Waals surface area contributed by atoms with Gasteiger partial charge >= 0.3 is 5.97 Å². The van der Waals surface area contributed by atoms with Gasteiger partial charge in [0.1, 0.15) is 5.75 Å². The van der Waals surface area contributed by atoms with E-state index in [9.17, 15) is 9.18 Å². The zero-order chi connectivity index (χ0) is 15.4. The normalized spacial score (nSPS) is 10.8. The Hall–Kier alpha value is -2.14. The van der Waals surface area contributed by atoms with E-state index < -0.39 is 11.8 Å². The Labute approximate surface area is 129 Å². The molecule has 0 aliphatic heterocycles. The van der Waals surface area contributed by atoms with Crippen LogP contribution in [0, 0.1) is 12.7 Å². The van der Waals surface area contributed by atoms with E-state index in [2.05, 4.69) is 15.9 Å². The van der Waals surface area contributed by atoms with Crippen molar-refractivity contribution in [2.75, 3.05) is 0 Å². The Morgan fingerprint density at radius 2 is 1.95 bits per heavy atom. The van der Waals surface area contributed by atoms with Crippen molar-refractivity contribution in [3.8, 4) is 11.5 Å². The number of carboxylic acids is 1. The third-order valence-corrected chi connectivity index (χ3v) is 3.22. The quantitative estimate of drug-likeness (QED) is 0.806. The summed E-state index contributed by atoms with van der Waals surface area (Å²) >= 11 is 3.35. The molecule has 0 unspecified atom stereocenters. The first-order valence-corrected chi connectivity index (χ1v) is 6.89. The van der Waals surface area contributed by atoms with Crippen molar-refractivity contribution in [3.63, 3.8) is 0 Å².